The number of anilines is 1. The minimum Gasteiger partial charge on any atom is -0.350 e. The maximum Gasteiger partial charge on any atom is 0.271 e. The molecule has 0 unspecified atom stereocenters. The van der Waals surface area contributed by atoms with E-state index in [9.17, 15) is 14.4 Å². The molecule has 0 saturated carbocycles. The predicted molar refractivity (Wildman–Crippen MR) is 111 cm³/mol. The Morgan fingerprint density at radius 2 is 1.76 bits per heavy atom. The molecule has 148 valence electrons. The van der Waals surface area contributed by atoms with Gasteiger partial charge in [0, 0.05) is 42.1 Å². The van der Waals surface area contributed by atoms with Crippen molar-refractivity contribution in [2.24, 2.45) is 7.05 Å². The lowest BCUT2D eigenvalue weighted by atomic mass is 10.1. The molecule has 0 radical (unpaired) electrons. The van der Waals surface area contributed by atoms with Gasteiger partial charge in [-0.15, -0.1) is 0 Å². The van der Waals surface area contributed by atoms with Crippen molar-refractivity contribution in [2.45, 2.75) is 12.8 Å². The topological polar surface area (TPSA) is 83.4 Å². The number of halogens is 1. The zero-order valence-corrected chi connectivity index (χ0v) is 16.5. The highest BCUT2D eigenvalue weighted by Crippen LogP contribution is 2.28. The molecule has 7 nitrogen and oxygen atoms in total. The first-order valence-corrected chi connectivity index (χ1v) is 9.58. The average Bonchev–Trinajstić information content (AvgIpc) is 3.29. The van der Waals surface area contributed by atoms with Crippen LogP contribution in [0.25, 0.3) is 10.9 Å². The summed E-state index contributed by atoms with van der Waals surface area (Å²) in [7, 11) is 1.85. The number of hydrogen-bond donors (Lipinski definition) is 2. The van der Waals surface area contributed by atoms with Crippen molar-refractivity contribution in [3.63, 3.8) is 0 Å². The van der Waals surface area contributed by atoms with Crippen molar-refractivity contribution in [1.82, 2.24) is 15.4 Å². The second kappa shape index (κ2) is 7.60. The molecule has 0 bridgehead atoms. The number of para-hydroxylation sites is 1. The molecule has 1 fully saturated rings. The van der Waals surface area contributed by atoms with Gasteiger partial charge in [-0.05, 0) is 30.7 Å². The Morgan fingerprint density at radius 1 is 1.03 bits per heavy atom. The summed E-state index contributed by atoms with van der Waals surface area (Å²) < 4.78 is 1.85. The minimum absolute atomic E-state index is 0.0545. The zero-order valence-electron chi connectivity index (χ0n) is 15.7. The fourth-order valence-corrected chi connectivity index (χ4v) is 3.76. The van der Waals surface area contributed by atoms with Crippen LogP contribution in [0.3, 0.4) is 0 Å². The molecule has 1 aliphatic rings. The first-order chi connectivity index (χ1) is 14.0. The molecule has 0 atom stereocenters. The number of carbonyl (C=O) groups excluding carboxylic acids is 3. The van der Waals surface area contributed by atoms with Gasteiger partial charge in [0.15, 0.2) is 0 Å². The van der Waals surface area contributed by atoms with Crippen LogP contribution < -0.4 is 15.8 Å². The molecule has 8 heteroatoms. The van der Waals surface area contributed by atoms with E-state index in [0.29, 0.717) is 29.2 Å². The van der Waals surface area contributed by atoms with Crippen LogP contribution in [-0.4, -0.2) is 28.8 Å². The largest absolute Gasteiger partial charge is 0.350 e. The summed E-state index contributed by atoms with van der Waals surface area (Å²) in [6.45, 7) is 0.530. The number of rotatable bonds is 3. The smallest absolute Gasteiger partial charge is 0.271 e. The number of benzene rings is 2. The van der Waals surface area contributed by atoms with E-state index < -0.39 is 11.8 Å². The Kier molecular flexibility index (Phi) is 4.98. The lowest BCUT2D eigenvalue weighted by Gasteiger charge is -2.19. The molecule has 1 saturated heterocycles. The molecule has 1 aliphatic heterocycles. The van der Waals surface area contributed by atoms with Gasteiger partial charge in [-0.1, -0.05) is 29.8 Å². The Labute approximate surface area is 172 Å². The normalized spacial score (nSPS) is 13.7. The third kappa shape index (κ3) is 3.56. The van der Waals surface area contributed by atoms with Crippen LogP contribution in [0, 0.1) is 0 Å². The second-order valence-electron chi connectivity index (χ2n) is 6.89. The molecule has 0 spiro atoms. The van der Waals surface area contributed by atoms with Crippen LogP contribution in [0.5, 0.6) is 0 Å². The van der Waals surface area contributed by atoms with Gasteiger partial charge in [0.25, 0.3) is 11.8 Å². The van der Waals surface area contributed by atoms with E-state index >= 15 is 0 Å². The molecule has 3 amide bonds. The fraction of sp³-hybridized carbons (Fsp3) is 0.190. The summed E-state index contributed by atoms with van der Waals surface area (Å²) in [6.07, 6.45) is 2.87. The van der Waals surface area contributed by atoms with Gasteiger partial charge in [-0.3, -0.25) is 25.2 Å². The Hall–Kier alpha value is -3.32. The van der Waals surface area contributed by atoms with Crippen LogP contribution in [0.1, 0.15) is 33.6 Å². The van der Waals surface area contributed by atoms with Crippen molar-refractivity contribution in [2.75, 3.05) is 11.4 Å². The van der Waals surface area contributed by atoms with Crippen LogP contribution in [0.15, 0.2) is 48.7 Å². The van der Waals surface area contributed by atoms with Crippen molar-refractivity contribution >= 4 is 45.9 Å². The molecular weight excluding hydrogens is 392 g/mol. The minimum atomic E-state index is -0.523. The monoisotopic (exact) mass is 410 g/mol. The highest BCUT2D eigenvalue weighted by atomic mass is 35.5. The summed E-state index contributed by atoms with van der Waals surface area (Å²) in [5, 5.41) is 1.22. The van der Waals surface area contributed by atoms with Gasteiger partial charge in [0.2, 0.25) is 5.91 Å². The van der Waals surface area contributed by atoms with Gasteiger partial charge in [0.1, 0.15) is 0 Å². The number of hydrazine groups is 1. The Morgan fingerprint density at radius 3 is 2.48 bits per heavy atom. The van der Waals surface area contributed by atoms with Crippen LogP contribution in [0.2, 0.25) is 5.02 Å². The molecule has 29 heavy (non-hydrogen) atoms. The van der Waals surface area contributed by atoms with Gasteiger partial charge >= 0.3 is 0 Å². The molecule has 2 aromatic carbocycles. The molecule has 2 heterocycles. The van der Waals surface area contributed by atoms with Crippen LogP contribution in [-0.2, 0) is 11.8 Å². The number of nitrogens with one attached hydrogen (secondary N) is 2. The number of nitrogens with zero attached hydrogens (tertiary/aromatic N) is 2. The lowest BCUT2D eigenvalue weighted by molar-refractivity contribution is -0.117. The van der Waals surface area contributed by atoms with Gasteiger partial charge in [0.05, 0.1) is 16.8 Å². The summed E-state index contributed by atoms with van der Waals surface area (Å²) in [4.78, 5) is 39.0. The van der Waals surface area contributed by atoms with E-state index in [-0.39, 0.29) is 11.5 Å². The molecule has 0 aliphatic carbocycles. The zero-order chi connectivity index (χ0) is 20.5. The van der Waals surface area contributed by atoms with Crippen molar-refractivity contribution in [3.05, 3.63) is 64.8 Å². The number of hydrogen-bond acceptors (Lipinski definition) is 3. The lowest BCUT2D eigenvalue weighted by Crippen LogP contribution is -2.42. The van der Waals surface area contributed by atoms with Crippen LogP contribution in [0.4, 0.5) is 5.69 Å². The molecule has 2 N–H and O–H groups in total. The van der Waals surface area contributed by atoms with Crippen molar-refractivity contribution in [1.29, 1.82) is 0 Å². The van der Waals surface area contributed by atoms with E-state index in [1.165, 1.54) is 0 Å². The molecule has 4 rings (SSSR count). The van der Waals surface area contributed by atoms with Crippen molar-refractivity contribution < 1.29 is 14.4 Å². The molecule has 3 aromatic rings. The quantitative estimate of drug-likeness (QED) is 0.651. The maximum atomic E-state index is 12.7. The SMILES string of the molecule is Cn1cc(C(=O)NNC(=O)c2ccc(Cl)cc2N2CCCC2=O)c2ccccc21. The van der Waals surface area contributed by atoms with Gasteiger partial charge < -0.3 is 9.47 Å². The average molecular weight is 411 g/mol. The van der Waals surface area contributed by atoms with E-state index in [2.05, 4.69) is 10.9 Å². The van der Waals surface area contributed by atoms with Gasteiger partial charge in [-0.2, -0.15) is 0 Å². The molecular formula is C21H19ClN4O3. The van der Waals surface area contributed by atoms with Gasteiger partial charge in [-0.25, -0.2) is 0 Å². The van der Waals surface area contributed by atoms with E-state index in [4.69, 9.17) is 11.6 Å². The number of amides is 3. The van der Waals surface area contributed by atoms with E-state index in [0.717, 1.165) is 17.3 Å². The Bertz CT molecular complexity index is 1140. The van der Waals surface area contributed by atoms with E-state index in [1.54, 1.807) is 29.3 Å². The van der Waals surface area contributed by atoms with Crippen molar-refractivity contribution in [3.8, 4) is 0 Å². The number of fused-ring (bicyclic) bond motifs is 1. The summed E-state index contributed by atoms with van der Waals surface area (Å²) in [5.41, 5.74) is 6.97. The first kappa shape index (κ1) is 19.0. The number of aryl methyl sites for hydroxylation is 1. The number of carbonyl (C=O) groups is 3. The summed E-state index contributed by atoms with van der Waals surface area (Å²) in [6, 6.07) is 12.2. The van der Waals surface area contributed by atoms with E-state index in [1.807, 2.05) is 35.9 Å². The third-order valence-electron chi connectivity index (χ3n) is 5.00. The van der Waals surface area contributed by atoms with Crippen LogP contribution >= 0.6 is 11.6 Å². The predicted octanol–water partition coefficient (Wildman–Crippen LogP) is 3.03. The summed E-state index contributed by atoms with van der Waals surface area (Å²) >= 11 is 6.07. The molecule has 1 aromatic heterocycles. The standard InChI is InChI=1S/C21H19ClN4O3/c1-25-12-16(14-5-2-3-6-17(14)25)21(29)24-23-20(28)15-9-8-13(22)11-18(15)26-10-4-7-19(26)27/h2-3,5-6,8-9,11-12H,4,7,10H2,1H3,(H,23,28)(H,24,29). The third-order valence-corrected chi connectivity index (χ3v) is 5.23. The fourth-order valence-electron chi connectivity index (χ4n) is 3.59. The summed E-state index contributed by atoms with van der Waals surface area (Å²) in [5.74, 6) is -1.01. The second-order valence-corrected chi connectivity index (χ2v) is 7.33. The Balaban J connectivity index is 1.54. The number of aromatic nitrogens is 1. The highest BCUT2D eigenvalue weighted by molar-refractivity contribution is 6.31. The first-order valence-electron chi connectivity index (χ1n) is 9.20. The highest BCUT2D eigenvalue weighted by Gasteiger charge is 2.26. The maximum absolute atomic E-state index is 12.7.